The molecule has 4 rings (SSSR count). The highest BCUT2D eigenvalue weighted by atomic mass is 16.2. The van der Waals surface area contributed by atoms with E-state index in [1.807, 2.05) is 39.8 Å². The molecule has 20 heavy (non-hydrogen) atoms. The topological polar surface area (TPSA) is 38.1 Å². The summed E-state index contributed by atoms with van der Waals surface area (Å²) in [6, 6.07) is 9.90. The molecule has 1 saturated carbocycles. The van der Waals surface area contributed by atoms with Crippen molar-refractivity contribution < 1.29 is 4.79 Å². The number of carbonyl (C=O) groups is 1. The SMILES string of the molecule is O=C(c1cncn1-c1ccccc1)N1C[C@H]2CC[C@H]2C1. The molecule has 1 amide bonds. The second-order valence-electron chi connectivity index (χ2n) is 5.79. The Bertz CT molecular complexity index is 622. The molecular formula is C16H17N3O. The van der Waals surface area contributed by atoms with Crippen LogP contribution in [0.25, 0.3) is 5.69 Å². The van der Waals surface area contributed by atoms with E-state index in [-0.39, 0.29) is 5.91 Å². The van der Waals surface area contributed by atoms with Crippen LogP contribution in [0.1, 0.15) is 23.3 Å². The minimum absolute atomic E-state index is 0.112. The maximum absolute atomic E-state index is 12.7. The van der Waals surface area contributed by atoms with Crippen molar-refractivity contribution in [2.24, 2.45) is 11.8 Å². The van der Waals surface area contributed by atoms with Crippen LogP contribution < -0.4 is 0 Å². The van der Waals surface area contributed by atoms with Crippen LogP contribution in [-0.4, -0.2) is 33.4 Å². The molecule has 2 heterocycles. The Hall–Kier alpha value is -2.10. The standard InChI is InChI=1S/C16H17N3O/c20-16(18-9-12-6-7-13(12)10-18)15-8-17-11-19(15)14-4-2-1-3-5-14/h1-5,8,11-13H,6-7,9-10H2/t12-,13+. The molecule has 1 aliphatic carbocycles. The Morgan fingerprint density at radius 3 is 2.45 bits per heavy atom. The van der Waals surface area contributed by atoms with Crippen LogP contribution in [0, 0.1) is 11.8 Å². The normalized spacial score (nSPS) is 24.3. The second kappa shape index (κ2) is 4.47. The van der Waals surface area contributed by atoms with Crippen LogP contribution in [0.15, 0.2) is 42.9 Å². The number of nitrogens with zero attached hydrogens (tertiary/aromatic N) is 3. The van der Waals surface area contributed by atoms with Crippen molar-refractivity contribution in [1.29, 1.82) is 0 Å². The highest BCUT2D eigenvalue weighted by Crippen LogP contribution is 2.40. The molecule has 0 radical (unpaired) electrons. The minimum atomic E-state index is 0.112. The fourth-order valence-corrected chi connectivity index (χ4v) is 3.33. The van der Waals surface area contributed by atoms with Gasteiger partial charge >= 0.3 is 0 Å². The Labute approximate surface area is 118 Å². The fraction of sp³-hybridized carbons (Fsp3) is 0.375. The monoisotopic (exact) mass is 267 g/mol. The van der Waals surface area contributed by atoms with Crippen LogP contribution in [-0.2, 0) is 0 Å². The molecule has 2 atom stereocenters. The second-order valence-corrected chi connectivity index (χ2v) is 5.79. The summed E-state index contributed by atoms with van der Waals surface area (Å²) in [5, 5.41) is 0. The third kappa shape index (κ3) is 1.75. The van der Waals surface area contributed by atoms with E-state index < -0.39 is 0 Å². The maximum Gasteiger partial charge on any atom is 0.272 e. The number of rotatable bonds is 2. The number of hydrogen-bond donors (Lipinski definition) is 0. The van der Waals surface area contributed by atoms with E-state index in [9.17, 15) is 4.79 Å². The van der Waals surface area contributed by atoms with Gasteiger partial charge in [0.05, 0.1) is 12.5 Å². The number of amides is 1. The summed E-state index contributed by atoms with van der Waals surface area (Å²) in [6.07, 6.45) is 5.96. The van der Waals surface area contributed by atoms with E-state index in [4.69, 9.17) is 0 Å². The molecule has 2 fully saturated rings. The van der Waals surface area contributed by atoms with E-state index in [2.05, 4.69) is 4.98 Å². The lowest BCUT2D eigenvalue weighted by Crippen LogP contribution is -2.30. The molecule has 1 aromatic carbocycles. The van der Waals surface area contributed by atoms with E-state index >= 15 is 0 Å². The lowest BCUT2D eigenvalue weighted by molar-refractivity contribution is 0.0779. The highest BCUT2D eigenvalue weighted by Gasteiger charge is 2.41. The molecule has 1 aromatic heterocycles. The Balaban J connectivity index is 1.63. The quantitative estimate of drug-likeness (QED) is 0.837. The lowest BCUT2D eigenvalue weighted by atomic mass is 9.77. The van der Waals surface area contributed by atoms with Crippen molar-refractivity contribution in [3.8, 4) is 5.69 Å². The van der Waals surface area contributed by atoms with Gasteiger partial charge in [-0.1, -0.05) is 18.2 Å². The molecule has 4 nitrogen and oxygen atoms in total. The van der Waals surface area contributed by atoms with Gasteiger partial charge in [0.25, 0.3) is 5.91 Å². The van der Waals surface area contributed by atoms with Crippen LogP contribution in [0.2, 0.25) is 0 Å². The van der Waals surface area contributed by atoms with Crippen molar-refractivity contribution in [2.45, 2.75) is 12.8 Å². The van der Waals surface area contributed by atoms with Gasteiger partial charge in [-0.05, 0) is 36.8 Å². The first-order valence-corrected chi connectivity index (χ1v) is 7.20. The zero-order valence-corrected chi connectivity index (χ0v) is 11.3. The number of imidazole rings is 1. The zero-order chi connectivity index (χ0) is 13.5. The number of carbonyl (C=O) groups excluding carboxylic acids is 1. The van der Waals surface area contributed by atoms with E-state index in [1.165, 1.54) is 12.8 Å². The van der Waals surface area contributed by atoms with Gasteiger partial charge in [-0.2, -0.15) is 0 Å². The van der Waals surface area contributed by atoms with Crippen LogP contribution in [0.3, 0.4) is 0 Å². The van der Waals surface area contributed by atoms with Crippen LogP contribution >= 0.6 is 0 Å². The van der Waals surface area contributed by atoms with Gasteiger partial charge in [0.15, 0.2) is 0 Å². The summed E-state index contributed by atoms with van der Waals surface area (Å²) < 4.78 is 1.88. The van der Waals surface area contributed by atoms with Gasteiger partial charge < -0.3 is 4.90 Å². The van der Waals surface area contributed by atoms with Crippen molar-refractivity contribution in [3.05, 3.63) is 48.5 Å². The maximum atomic E-state index is 12.7. The van der Waals surface area contributed by atoms with Gasteiger partial charge in [0.2, 0.25) is 0 Å². The first-order valence-electron chi connectivity index (χ1n) is 7.20. The molecule has 1 aliphatic heterocycles. The third-order valence-corrected chi connectivity index (χ3v) is 4.66. The van der Waals surface area contributed by atoms with Crippen molar-refractivity contribution >= 4 is 5.91 Å². The minimum Gasteiger partial charge on any atom is -0.337 e. The largest absolute Gasteiger partial charge is 0.337 e. The van der Waals surface area contributed by atoms with Crippen molar-refractivity contribution in [1.82, 2.24) is 14.5 Å². The first kappa shape index (κ1) is 11.7. The molecule has 0 spiro atoms. The highest BCUT2D eigenvalue weighted by molar-refractivity contribution is 5.93. The molecule has 2 aromatic rings. The number of fused-ring (bicyclic) bond motifs is 1. The van der Waals surface area contributed by atoms with Crippen molar-refractivity contribution in [2.75, 3.05) is 13.1 Å². The summed E-state index contributed by atoms with van der Waals surface area (Å²) in [5.41, 5.74) is 1.65. The van der Waals surface area contributed by atoms with E-state index in [0.717, 1.165) is 30.6 Å². The molecular weight excluding hydrogens is 250 g/mol. The van der Waals surface area contributed by atoms with Crippen LogP contribution in [0.5, 0.6) is 0 Å². The number of para-hydroxylation sites is 1. The van der Waals surface area contributed by atoms with E-state index in [0.29, 0.717) is 5.69 Å². The predicted octanol–water partition coefficient (Wildman–Crippen LogP) is 2.35. The number of likely N-dealkylation sites (tertiary alicyclic amines) is 1. The zero-order valence-electron chi connectivity index (χ0n) is 11.3. The smallest absolute Gasteiger partial charge is 0.272 e. The van der Waals surface area contributed by atoms with Gasteiger partial charge in [-0.25, -0.2) is 4.98 Å². The summed E-state index contributed by atoms with van der Waals surface area (Å²) in [6.45, 7) is 1.84. The van der Waals surface area contributed by atoms with Crippen LogP contribution in [0.4, 0.5) is 0 Å². The summed E-state index contributed by atoms with van der Waals surface area (Å²) in [4.78, 5) is 18.8. The molecule has 2 aliphatic rings. The third-order valence-electron chi connectivity index (χ3n) is 4.66. The summed E-state index contributed by atoms with van der Waals surface area (Å²) in [7, 11) is 0. The molecule has 0 N–H and O–H groups in total. The van der Waals surface area contributed by atoms with Crippen molar-refractivity contribution in [3.63, 3.8) is 0 Å². The summed E-state index contributed by atoms with van der Waals surface area (Å²) >= 11 is 0. The summed E-state index contributed by atoms with van der Waals surface area (Å²) in [5.74, 6) is 1.60. The molecule has 4 heteroatoms. The molecule has 1 saturated heterocycles. The Kier molecular flexibility index (Phi) is 2.62. The number of benzene rings is 1. The Morgan fingerprint density at radius 1 is 1.10 bits per heavy atom. The van der Waals surface area contributed by atoms with Gasteiger partial charge in [0.1, 0.15) is 5.69 Å². The lowest BCUT2D eigenvalue weighted by Gasteiger charge is -2.27. The predicted molar refractivity (Wildman–Crippen MR) is 75.7 cm³/mol. The average molecular weight is 267 g/mol. The fourth-order valence-electron chi connectivity index (χ4n) is 3.33. The number of hydrogen-bond acceptors (Lipinski definition) is 2. The van der Waals surface area contributed by atoms with Gasteiger partial charge in [0, 0.05) is 18.8 Å². The Morgan fingerprint density at radius 2 is 1.80 bits per heavy atom. The molecule has 0 bridgehead atoms. The number of aromatic nitrogens is 2. The molecule has 0 unspecified atom stereocenters. The average Bonchev–Trinajstić information content (AvgIpc) is 3.05. The molecule has 102 valence electrons. The van der Waals surface area contributed by atoms with Gasteiger partial charge in [-0.3, -0.25) is 9.36 Å². The first-order chi connectivity index (χ1) is 9.83. The van der Waals surface area contributed by atoms with Gasteiger partial charge in [-0.15, -0.1) is 0 Å². The van der Waals surface area contributed by atoms with E-state index in [1.54, 1.807) is 12.5 Å².